The van der Waals surface area contributed by atoms with Crippen LogP contribution in [-0.2, 0) is 11.2 Å². The van der Waals surface area contributed by atoms with Crippen LogP contribution >= 0.6 is 0 Å². The van der Waals surface area contributed by atoms with Crippen LogP contribution in [0, 0.1) is 6.92 Å². The number of hydrogen-bond donors (Lipinski definition) is 0. The molecule has 2 aromatic rings. The molecule has 2 amide bonds. The summed E-state index contributed by atoms with van der Waals surface area (Å²) in [6, 6.07) is 7.46. The third-order valence-corrected chi connectivity index (χ3v) is 5.97. The average molecular weight is 453 g/mol. The van der Waals surface area contributed by atoms with Gasteiger partial charge in [0.2, 0.25) is 0 Å². The number of methoxy groups -OCH3 is 1. The minimum Gasteiger partial charge on any atom is -0.465 e. The summed E-state index contributed by atoms with van der Waals surface area (Å²) in [5.74, 6) is -0.687. The molecule has 176 valence electrons. The molecule has 0 spiro atoms. The molecule has 1 atom stereocenters. The van der Waals surface area contributed by atoms with Crippen molar-refractivity contribution in [1.82, 2.24) is 19.8 Å². The van der Waals surface area contributed by atoms with Crippen molar-refractivity contribution in [2.45, 2.75) is 53.0 Å². The first-order valence-electron chi connectivity index (χ1n) is 11.3. The lowest BCUT2D eigenvalue weighted by Gasteiger charge is -2.40. The Balaban J connectivity index is 1.83. The number of carbonyl (C=O) groups excluding carboxylic acids is 3. The van der Waals surface area contributed by atoms with E-state index in [2.05, 4.69) is 16.9 Å². The van der Waals surface area contributed by atoms with Crippen LogP contribution in [0.25, 0.3) is 0 Å². The zero-order chi connectivity index (χ0) is 24.3. The summed E-state index contributed by atoms with van der Waals surface area (Å²) in [6.45, 7) is 10.6. The number of nitrogens with zero attached hydrogens (tertiary/aromatic N) is 4. The van der Waals surface area contributed by atoms with Gasteiger partial charge in [-0.3, -0.25) is 9.59 Å². The third-order valence-electron chi connectivity index (χ3n) is 5.97. The second-order valence-electron chi connectivity index (χ2n) is 8.68. The van der Waals surface area contributed by atoms with Crippen LogP contribution in [0.2, 0.25) is 0 Å². The Labute approximate surface area is 195 Å². The van der Waals surface area contributed by atoms with Crippen LogP contribution in [0.4, 0.5) is 0 Å². The van der Waals surface area contributed by atoms with Gasteiger partial charge in [-0.1, -0.05) is 32.9 Å². The average Bonchev–Trinajstić information content (AvgIpc) is 2.82. The number of rotatable bonds is 5. The van der Waals surface area contributed by atoms with E-state index >= 15 is 0 Å². The summed E-state index contributed by atoms with van der Waals surface area (Å²) in [7, 11) is 1.28. The fourth-order valence-electron chi connectivity index (χ4n) is 4.11. The number of aryl methyl sites for hydroxylation is 2. The highest BCUT2D eigenvalue weighted by Gasteiger charge is 2.34. The summed E-state index contributed by atoms with van der Waals surface area (Å²) in [5.41, 5.74) is 2.48. The molecule has 8 nitrogen and oxygen atoms in total. The van der Waals surface area contributed by atoms with Crippen molar-refractivity contribution in [1.29, 1.82) is 0 Å². The zero-order valence-electron chi connectivity index (χ0n) is 20.2. The first kappa shape index (κ1) is 24.4. The Morgan fingerprint density at radius 2 is 1.76 bits per heavy atom. The monoisotopic (exact) mass is 452 g/mol. The SMILES string of the molecule is CCc1ccc(C(=O)N2CCN(C(=O)c3nc(C)nc(C(C)C)c3C(=O)OC)CC2C)cc1. The standard InChI is InChI=1S/C25H32N4O4/c1-7-18-8-10-19(11-9-18)23(30)29-13-12-28(14-16(29)4)24(31)22-20(25(32)33-6)21(15(2)3)26-17(5)27-22/h8-11,15-16H,7,12-14H2,1-6H3. The lowest BCUT2D eigenvalue weighted by molar-refractivity contribution is 0.0408. The van der Waals surface area contributed by atoms with Gasteiger partial charge in [0.1, 0.15) is 17.1 Å². The highest BCUT2D eigenvalue weighted by atomic mass is 16.5. The van der Waals surface area contributed by atoms with E-state index in [0.29, 0.717) is 36.7 Å². The van der Waals surface area contributed by atoms with Gasteiger partial charge in [0.15, 0.2) is 0 Å². The van der Waals surface area contributed by atoms with Crippen molar-refractivity contribution in [3.63, 3.8) is 0 Å². The molecule has 1 aliphatic rings. The van der Waals surface area contributed by atoms with Crippen LogP contribution < -0.4 is 0 Å². The molecule has 1 aromatic heterocycles. The molecule has 3 rings (SSSR count). The van der Waals surface area contributed by atoms with Crippen molar-refractivity contribution < 1.29 is 19.1 Å². The van der Waals surface area contributed by atoms with E-state index in [0.717, 1.165) is 6.42 Å². The molecule has 1 aromatic carbocycles. The van der Waals surface area contributed by atoms with Crippen LogP contribution in [0.15, 0.2) is 24.3 Å². The molecule has 33 heavy (non-hydrogen) atoms. The fourth-order valence-corrected chi connectivity index (χ4v) is 4.11. The smallest absolute Gasteiger partial charge is 0.342 e. The maximum atomic E-state index is 13.5. The Morgan fingerprint density at radius 3 is 2.30 bits per heavy atom. The molecular weight excluding hydrogens is 420 g/mol. The topological polar surface area (TPSA) is 92.7 Å². The Morgan fingerprint density at radius 1 is 1.09 bits per heavy atom. The van der Waals surface area contributed by atoms with Gasteiger partial charge in [-0.25, -0.2) is 14.8 Å². The highest BCUT2D eigenvalue weighted by Crippen LogP contribution is 2.24. The number of ether oxygens (including phenoxy) is 1. The highest BCUT2D eigenvalue weighted by molar-refractivity contribution is 6.05. The van der Waals surface area contributed by atoms with Gasteiger partial charge in [0, 0.05) is 31.2 Å². The summed E-state index contributed by atoms with van der Waals surface area (Å²) in [4.78, 5) is 51.2. The molecule has 8 heteroatoms. The predicted molar refractivity (Wildman–Crippen MR) is 124 cm³/mol. The number of amides is 2. The van der Waals surface area contributed by atoms with Crippen molar-refractivity contribution in [2.24, 2.45) is 0 Å². The minimum absolute atomic E-state index is 0.0486. The van der Waals surface area contributed by atoms with Gasteiger partial charge < -0.3 is 14.5 Å². The van der Waals surface area contributed by atoms with Crippen molar-refractivity contribution >= 4 is 17.8 Å². The molecule has 0 aliphatic carbocycles. The minimum atomic E-state index is -0.626. The third kappa shape index (κ3) is 5.05. The lowest BCUT2D eigenvalue weighted by Crippen LogP contribution is -2.55. The summed E-state index contributed by atoms with van der Waals surface area (Å²) < 4.78 is 4.94. The van der Waals surface area contributed by atoms with Gasteiger partial charge in [0.25, 0.3) is 11.8 Å². The fraction of sp³-hybridized carbons (Fsp3) is 0.480. The van der Waals surface area contributed by atoms with Crippen LogP contribution in [-0.4, -0.2) is 70.3 Å². The van der Waals surface area contributed by atoms with Gasteiger partial charge in [-0.05, 0) is 43.9 Å². The van der Waals surface area contributed by atoms with Crippen LogP contribution in [0.1, 0.15) is 81.9 Å². The number of benzene rings is 1. The Kier molecular flexibility index (Phi) is 7.46. The van der Waals surface area contributed by atoms with Crippen LogP contribution in [0.5, 0.6) is 0 Å². The second kappa shape index (κ2) is 10.1. The van der Waals surface area contributed by atoms with E-state index < -0.39 is 5.97 Å². The van der Waals surface area contributed by atoms with Gasteiger partial charge in [-0.15, -0.1) is 0 Å². The predicted octanol–water partition coefficient (Wildman–Crippen LogP) is 3.24. The molecule has 1 saturated heterocycles. The van der Waals surface area contributed by atoms with Crippen molar-refractivity contribution in [3.05, 3.63) is 58.2 Å². The maximum Gasteiger partial charge on any atom is 0.342 e. The largest absolute Gasteiger partial charge is 0.465 e. The lowest BCUT2D eigenvalue weighted by atomic mass is 10.0. The number of esters is 1. The van der Waals surface area contributed by atoms with Crippen LogP contribution in [0.3, 0.4) is 0 Å². The Bertz CT molecular complexity index is 1050. The molecule has 1 unspecified atom stereocenters. The van der Waals surface area contributed by atoms with Crippen molar-refractivity contribution in [3.8, 4) is 0 Å². The number of aromatic nitrogens is 2. The number of hydrogen-bond acceptors (Lipinski definition) is 6. The molecule has 0 bridgehead atoms. The van der Waals surface area contributed by atoms with E-state index in [9.17, 15) is 14.4 Å². The van der Waals surface area contributed by atoms with E-state index in [-0.39, 0.29) is 35.0 Å². The summed E-state index contributed by atoms with van der Waals surface area (Å²) in [6.07, 6.45) is 0.917. The number of piperazine rings is 1. The normalized spacial score (nSPS) is 16.2. The van der Waals surface area contributed by atoms with E-state index in [4.69, 9.17) is 4.74 Å². The molecular formula is C25H32N4O4. The molecule has 0 N–H and O–H groups in total. The van der Waals surface area contributed by atoms with Crippen molar-refractivity contribution in [2.75, 3.05) is 26.7 Å². The molecule has 0 saturated carbocycles. The van der Waals surface area contributed by atoms with E-state index in [1.165, 1.54) is 12.7 Å². The zero-order valence-corrected chi connectivity index (χ0v) is 20.2. The Hall–Kier alpha value is -3.29. The molecule has 2 heterocycles. The van der Waals surface area contributed by atoms with Gasteiger partial charge in [-0.2, -0.15) is 0 Å². The maximum absolute atomic E-state index is 13.5. The molecule has 0 radical (unpaired) electrons. The first-order valence-corrected chi connectivity index (χ1v) is 11.3. The second-order valence-corrected chi connectivity index (χ2v) is 8.68. The van der Waals surface area contributed by atoms with Gasteiger partial charge in [0.05, 0.1) is 12.8 Å². The van der Waals surface area contributed by atoms with E-state index in [1.807, 2.05) is 45.0 Å². The summed E-state index contributed by atoms with van der Waals surface area (Å²) >= 11 is 0. The summed E-state index contributed by atoms with van der Waals surface area (Å²) in [5, 5.41) is 0. The molecule has 1 fully saturated rings. The van der Waals surface area contributed by atoms with E-state index in [1.54, 1.807) is 16.7 Å². The molecule has 1 aliphatic heterocycles. The quantitative estimate of drug-likeness (QED) is 0.647. The number of carbonyl (C=O) groups is 3. The first-order chi connectivity index (χ1) is 15.7. The van der Waals surface area contributed by atoms with Gasteiger partial charge >= 0.3 is 5.97 Å².